The van der Waals surface area contributed by atoms with E-state index in [0.29, 0.717) is 0 Å². The zero-order valence-corrected chi connectivity index (χ0v) is 11.1. The molecule has 1 nitrogen and oxygen atoms in total. The summed E-state index contributed by atoms with van der Waals surface area (Å²) in [5.74, 6) is 1.65. The molecule has 0 unspecified atom stereocenters. The quantitative estimate of drug-likeness (QED) is 0.608. The van der Waals surface area contributed by atoms with Gasteiger partial charge in [-0.15, -0.1) is 0 Å². The average molecular weight is 248 g/mol. The highest BCUT2D eigenvalue weighted by Crippen LogP contribution is 2.34. The molecule has 0 aliphatic heterocycles. The van der Waals surface area contributed by atoms with Gasteiger partial charge in [-0.1, -0.05) is 43.5 Å². The first-order chi connectivity index (χ1) is 9.42. The second-order valence-corrected chi connectivity index (χ2v) is 5.60. The molecule has 4 rings (SSSR count). The van der Waals surface area contributed by atoms with Crippen molar-refractivity contribution in [3.8, 4) is 0 Å². The molecule has 3 aromatic rings. The van der Waals surface area contributed by atoms with Crippen molar-refractivity contribution in [2.24, 2.45) is 0 Å². The van der Waals surface area contributed by atoms with Crippen LogP contribution in [0.5, 0.6) is 0 Å². The predicted octanol–water partition coefficient (Wildman–Crippen LogP) is 5.21. The third-order valence-corrected chi connectivity index (χ3v) is 4.37. The molecule has 1 aliphatic rings. The topological polar surface area (TPSA) is 15.8 Å². The second-order valence-electron chi connectivity index (χ2n) is 5.60. The molecule has 0 spiro atoms. The lowest BCUT2D eigenvalue weighted by atomic mass is 9.84. The molecule has 1 aliphatic carbocycles. The maximum absolute atomic E-state index is 3.50. The Morgan fingerprint density at radius 1 is 0.737 bits per heavy atom. The van der Waals surface area contributed by atoms with Crippen molar-refractivity contribution in [1.29, 1.82) is 0 Å². The highest BCUT2D eigenvalue weighted by molar-refractivity contribution is 6.07. The van der Waals surface area contributed by atoms with Gasteiger partial charge in [-0.25, -0.2) is 0 Å². The van der Waals surface area contributed by atoms with E-state index in [0.717, 1.165) is 0 Å². The first kappa shape index (κ1) is 11.1. The van der Waals surface area contributed by atoms with E-state index < -0.39 is 0 Å². The van der Waals surface area contributed by atoms with Crippen LogP contribution in [0.2, 0.25) is 0 Å². The van der Waals surface area contributed by atoms with Gasteiger partial charge in [-0.2, -0.15) is 0 Å². The minimum absolute atomic E-state index is 1.24. The number of benzene rings is 2. The van der Waals surface area contributed by atoms with Crippen LogP contribution in [0.25, 0.3) is 21.8 Å². The highest BCUT2D eigenvalue weighted by atomic mass is 14.7. The summed E-state index contributed by atoms with van der Waals surface area (Å²) in [5, 5.41) is 2.71. The summed E-state index contributed by atoms with van der Waals surface area (Å²) >= 11 is 0. The summed E-state index contributed by atoms with van der Waals surface area (Å²) in [4.78, 5) is 3.50. The minimum Gasteiger partial charge on any atom is -0.355 e. The van der Waals surface area contributed by atoms with Crippen LogP contribution < -0.4 is 0 Å². The molecule has 19 heavy (non-hydrogen) atoms. The Balaban J connectivity index is 1.87. The Bertz CT molecular complexity index is 717. The van der Waals surface area contributed by atoms with Crippen LogP contribution >= 0.6 is 0 Å². The maximum atomic E-state index is 3.50. The molecule has 1 heteroatoms. The van der Waals surface area contributed by atoms with Crippen molar-refractivity contribution in [3.63, 3.8) is 0 Å². The van der Waals surface area contributed by atoms with E-state index in [1.54, 1.807) is 5.92 Å². The average Bonchev–Trinajstić information content (AvgIpc) is 2.86. The van der Waals surface area contributed by atoms with Crippen molar-refractivity contribution in [3.05, 3.63) is 53.9 Å². The molecule has 1 radical (unpaired) electrons. The van der Waals surface area contributed by atoms with E-state index in [-0.39, 0.29) is 0 Å². The molecule has 0 bridgehead atoms. The van der Waals surface area contributed by atoms with Gasteiger partial charge in [0.25, 0.3) is 0 Å². The fraction of sp³-hybridized carbons (Fsp3) is 0.278. The number of aromatic nitrogens is 1. The second kappa shape index (κ2) is 4.41. The Hall–Kier alpha value is -1.76. The smallest absolute Gasteiger partial charge is 0.0465 e. The van der Waals surface area contributed by atoms with Gasteiger partial charge in [0.15, 0.2) is 0 Å². The van der Waals surface area contributed by atoms with Crippen molar-refractivity contribution in [1.82, 2.24) is 4.98 Å². The molecule has 1 heterocycles. The zero-order chi connectivity index (χ0) is 12.7. The summed E-state index contributed by atoms with van der Waals surface area (Å²) in [6.45, 7) is 0. The monoisotopic (exact) mass is 248 g/mol. The summed E-state index contributed by atoms with van der Waals surface area (Å²) in [7, 11) is 0. The lowest BCUT2D eigenvalue weighted by Crippen LogP contribution is -2.05. The Labute approximate surface area is 113 Å². The van der Waals surface area contributed by atoms with E-state index in [1.807, 2.05) is 0 Å². The zero-order valence-electron chi connectivity index (χ0n) is 11.1. The number of para-hydroxylation sites is 1. The molecular weight excluding hydrogens is 230 g/mol. The Kier molecular flexibility index (Phi) is 2.58. The van der Waals surface area contributed by atoms with Crippen molar-refractivity contribution in [2.45, 2.75) is 32.1 Å². The van der Waals surface area contributed by atoms with E-state index in [2.05, 4.69) is 47.4 Å². The van der Waals surface area contributed by atoms with Gasteiger partial charge in [-0.3, -0.25) is 0 Å². The molecule has 2 aromatic carbocycles. The first-order valence-electron chi connectivity index (χ1n) is 7.27. The van der Waals surface area contributed by atoms with Crippen LogP contribution in [0.1, 0.15) is 37.7 Å². The highest BCUT2D eigenvalue weighted by Gasteiger charge is 2.17. The van der Waals surface area contributed by atoms with E-state index in [4.69, 9.17) is 0 Å². The van der Waals surface area contributed by atoms with Gasteiger partial charge in [0.2, 0.25) is 0 Å². The number of aromatic amines is 1. The third-order valence-electron chi connectivity index (χ3n) is 4.37. The van der Waals surface area contributed by atoms with Crippen LogP contribution in [0.4, 0.5) is 0 Å². The van der Waals surface area contributed by atoms with Gasteiger partial charge in [0.1, 0.15) is 0 Å². The Morgan fingerprint density at radius 3 is 2.42 bits per heavy atom. The summed E-state index contributed by atoms with van der Waals surface area (Å²) < 4.78 is 0. The van der Waals surface area contributed by atoms with Crippen LogP contribution in [0.15, 0.2) is 42.5 Å². The van der Waals surface area contributed by atoms with Crippen LogP contribution in [0, 0.1) is 5.92 Å². The fourth-order valence-corrected chi connectivity index (χ4v) is 3.34. The molecule has 1 saturated carbocycles. The van der Waals surface area contributed by atoms with Crippen LogP contribution in [-0.4, -0.2) is 4.98 Å². The lowest BCUT2D eigenvalue weighted by Gasteiger charge is -2.21. The van der Waals surface area contributed by atoms with Gasteiger partial charge in [0.05, 0.1) is 0 Å². The van der Waals surface area contributed by atoms with Crippen molar-refractivity contribution >= 4 is 21.8 Å². The van der Waals surface area contributed by atoms with Gasteiger partial charge < -0.3 is 4.98 Å². The third kappa shape index (κ3) is 1.85. The number of rotatable bonds is 1. The molecule has 95 valence electrons. The molecule has 0 atom stereocenters. The normalized spacial score (nSPS) is 17.3. The van der Waals surface area contributed by atoms with Crippen molar-refractivity contribution in [2.75, 3.05) is 0 Å². The predicted molar refractivity (Wildman–Crippen MR) is 81.2 cm³/mol. The van der Waals surface area contributed by atoms with Gasteiger partial charge >= 0.3 is 0 Å². The van der Waals surface area contributed by atoms with E-state index >= 15 is 0 Å². The molecule has 1 aromatic heterocycles. The Morgan fingerprint density at radius 2 is 1.53 bits per heavy atom. The van der Waals surface area contributed by atoms with Crippen LogP contribution in [-0.2, 0) is 0 Å². The number of nitrogens with one attached hydrogen (secondary N) is 1. The fourth-order valence-electron chi connectivity index (χ4n) is 3.34. The lowest BCUT2D eigenvalue weighted by molar-refractivity contribution is 0.551. The molecule has 0 amide bonds. The number of hydrogen-bond acceptors (Lipinski definition) is 0. The van der Waals surface area contributed by atoms with E-state index in [9.17, 15) is 0 Å². The summed E-state index contributed by atoms with van der Waals surface area (Å²) in [6, 6.07) is 15.5. The number of fused-ring (bicyclic) bond motifs is 3. The largest absolute Gasteiger partial charge is 0.355 e. The SMILES string of the molecule is c1ccc2c(c1)[nH]c1ccc([C]3CCCCC3)cc12. The first-order valence-corrected chi connectivity index (χ1v) is 7.27. The minimum atomic E-state index is 1.24. The van der Waals surface area contributed by atoms with Gasteiger partial charge in [-0.05, 0) is 36.6 Å². The maximum Gasteiger partial charge on any atom is 0.0465 e. The van der Waals surface area contributed by atoms with E-state index in [1.165, 1.54) is 59.5 Å². The van der Waals surface area contributed by atoms with Gasteiger partial charge in [0, 0.05) is 27.7 Å². The summed E-state index contributed by atoms with van der Waals surface area (Å²) in [6.07, 6.45) is 6.70. The standard InChI is InChI=1S/C18H18N/c1-2-6-13(7-3-1)14-10-11-18-16(12-14)15-8-4-5-9-17(15)19-18/h4-5,8-12,19H,1-3,6-7H2. The van der Waals surface area contributed by atoms with Crippen LogP contribution in [0.3, 0.4) is 0 Å². The molecule has 1 N–H and O–H groups in total. The summed E-state index contributed by atoms with van der Waals surface area (Å²) in [5.41, 5.74) is 3.95. The molecule has 0 saturated heterocycles. The van der Waals surface area contributed by atoms with Crippen molar-refractivity contribution < 1.29 is 0 Å². The number of hydrogen-bond donors (Lipinski definition) is 1. The molecular formula is C18H18N. The molecule has 1 fully saturated rings. The number of H-pyrrole nitrogens is 1.